The zero-order valence-corrected chi connectivity index (χ0v) is 11.6. The van der Waals surface area contributed by atoms with E-state index in [9.17, 15) is 0 Å². The maximum absolute atomic E-state index is 4.45. The highest BCUT2D eigenvalue weighted by molar-refractivity contribution is 5.45. The molecule has 1 aliphatic heterocycles. The lowest BCUT2D eigenvalue weighted by Gasteiger charge is -2.11. The Morgan fingerprint density at radius 1 is 1.16 bits per heavy atom. The first kappa shape index (κ1) is 12.1. The second-order valence-electron chi connectivity index (χ2n) is 4.97. The van der Waals surface area contributed by atoms with Gasteiger partial charge in [0.15, 0.2) is 5.82 Å². The highest BCUT2D eigenvalue weighted by atomic mass is 15.3. The summed E-state index contributed by atoms with van der Waals surface area (Å²) in [5, 5.41) is 11.8. The fraction of sp³-hybridized carbons (Fsp3) is 0.538. The van der Waals surface area contributed by atoms with E-state index in [1.807, 2.05) is 20.8 Å². The lowest BCUT2D eigenvalue weighted by Crippen LogP contribution is -2.11. The first-order chi connectivity index (χ1) is 9.15. The number of hydrogen-bond donors (Lipinski definition) is 1. The minimum Gasteiger partial charge on any atom is -0.362 e. The van der Waals surface area contributed by atoms with Crippen LogP contribution in [-0.4, -0.2) is 24.7 Å². The first-order valence-electron chi connectivity index (χ1n) is 6.62. The van der Waals surface area contributed by atoms with Gasteiger partial charge in [0.2, 0.25) is 0 Å². The minimum absolute atomic E-state index is 0.656. The van der Waals surface area contributed by atoms with E-state index in [0.717, 1.165) is 47.5 Å². The molecule has 0 aliphatic carbocycles. The molecule has 0 saturated heterocycles. The van der Waals surface area contributed by atoms with Crippen LogP contribution >= 0.6 is 0 Å². The van der Waals surface area contributed by atoms with Crippen LogP contribution in [0, 0.1) is 20.8 Å². The average Bonchev–Trinajstić information content (AvgIpc) is 2.95. The quantitative estimate of drug-likeness (QED) is 0.904. The Bertz CT molecular complexity index is 616. The molecular weight excluding hydrogens is 240 g/mol. The van der Waals surface area contributed by atoms with Crippen LogP contribution in [0.1, 0.15) is 35.2 Å². The molecule has 3 heterocycles. The summed E-state index contributed by atoms with van der Waals surface area (Å²) in [6.07, 6.45) is 2.21. The van der Waals surface area contributed by atoms with Crippen molar-refractivity contribution in [2.75, 3.05) is 5.32 Å². The summed E-state index contributed by atoms with van der Waals surface area (Å²) in [5.41, 5.74) is 2.10. The number of aromatic nitrogens is 5. The third-order valence-electron chi connectivity index (χ3n) is 3.60. The Hall–Kier alpha value is -1.98. The van der Waals surface area contributed by atoms with Crippen molar-refractivity contribution < 1.29 is 0 Å². The minimum atomic E-state index is 0.656. The molecule has 0 saturated carbocycles. The number of rotatable bonds is 3. The lowest BCUT2D eigenvalue weighted by molar-refractivity contribution is 0.695. The van der Waals surface area contributed by atoms with Crippen LogP contribution in [-0.2, 0) is 19.5 Å². The Kier molecular flexibility index (Phi) is 2.93. The molecule has 0 bridgehead atoms. The molecule has 2 aromatic rings. The van der Waals surface area contributed by atoms with Gasteiger partial charge in [-0.1, -0.05) is 0 Å². The Labute approximate surface area is 112 Å². The zero-order chi connectivity index (χ0) is 13.4. The molecule has 1 N–H and O–H groups in total. The summed E-state index contributed by atoms with van der Waals surface area (Å²) in [7, 11) is 0. The molecule has 0 unspecified atom stereocenters. The monoisotopic (exact) mass is 258 g/mol. The van der Waals surface area contributed by atoms with Crippen LogP contribution in [0.15, 0.2) is 0 Å². The van der Waals surface area contributed by atoms with Crippen LogP contribution in [0.2, 0.25) is 0 Å². The fourth-order valence-corrected chi connectivity index (χ4v) is 2.44. The van der Waals surface area contributed by atoms with Gasteiger partial charge in [-0.15, -0.1) is 10.2 Å². The van der Waals surface area contributed by atoms with Crippen molar-refractivity contribution in [2.45, 2.75) is 46.7 Å². The van der Waals surface area contributed by atoms with Gasteiger partial charge in [0.1, 0.15) is 17.5 Å². The molecule has 0 aromatic carbocycles. The van der Waals surface area contributed by atoms with Crippen LogP contribution in [0.5, 0.6) is 0 Å². The van der Waals surface area contributed by atoms with E-state index in [1.54, 1.807) is 0 Å². The molecule has 3 rings (SSSR count). The summed E-state index contributed by atoms with van der Waals surface area (Å²) in [4.78, 5) is 8.80. The maximum atomic E-state index is 4.45. The Morgan fingerprint density at radius 2 is 2.00 bits per heavy atom. The molecule has 100 valence electrons. The van der Waals surface area contributed by atoms with Gasteiger partial charge >= 0.3 is 0 Å². The molecule has 0 fully saturated rings. The van der Waals surface area contributed by atoms with Crippen LogP contribution in [0.4, 0.5) is 5.82 Å². The number of aryl methyl sites for hydroxylation is 3. The van der Waals surface area contributed by atoms with Gasteiger partial charge in [0.05, 0.1) is 6.54 Å². The van der Waals surface area contributed by atoms with Crippen molar-refractivity contribution in [2.24, 2.45) is 0 Å². The fourth-order valence-electron chi connectivity index (χ4n) is 2.44. The van der Waals surface area contributed by atoms with E-state index < -0.39 is 0 Å². The van der Waals surface area contributed by atoms with E-state index in [0.29, 0.717) is 6.54 Å². The molecule has 0 radical (unpaired) electrons. The van der Waals surface area contributed by atoms with Gasteiger partial charge in [-0.3, -0.25) is 0 Å². The third kappa shape index (κ3) is 2.18. The maximum Gasteiger partial charge on any atom is 0.152 e. The van der Waals surface area contributed by atoms with Gasteiger partial charge in [-0.25, -0.2) is 9.97 Å². The van der Waals surface area contributed by atoms with Crippen molar-refractivity contribution in [3.8, 4) is 0 Å². The lowest BCUT2D eigenvalue weighted by atomic mass is 10.2. The summed E-state index contributed by atoms with van der Waals surface area (Å²) in [6.45, 7) is 7.63. The zero-order valence-electron chi connectivity index (χ0n) is 11.6. The average molecular weight is 258 g/mol. The van der Waals surface area contributed by atoms with Gasteiger partial charge in [0, 0.05) is 24.2 Å². The summed E-state index contributed by atoms with van der Waals surface area (Å²) in [6, 6.07) is 0. The molecule has 1 aliphatic rings. The highest BCUT2D eigenvalue weighted by Crippen LogP contribution is 2.17. The summed E-state index contributed by atoms with van der Waals surface area (Å²) >= 11 is 0. The first-order valence-corrected chi connectivity index (χ1v) is 6.62. The van der Waals surface area contributed by atoms with Gasteiger partial charge in [-0.05, 0) is 27.2 Å². The van der Waals surface area contributed by atoms with Crippen LogP contribution < -0.4 is 5.32 Å². The van der Waals surface area contributed by atoms with E-state index in [1.165, 1.54) is 6.42 Å². The number of nitrogens with one attached hydrogen (secondary N) is 1. The van der Waals surface area contributed by atoms with Gasteiger partial charge in [-0.2, -0.15) is 0 Å². The Balaban J connectivity index is 1.79. The van der Waals surface area contributed by atoms with Crippen molar-refractivity contribution >= 4 is 5.82 Å². The second-order valence-corrected chi connectivity index (χ2v) is 4.97. The van der Waals surface area contributed by atoms with Crippen LogP contribution in [0.25, 0.3) is 0 Å². The van der Waals surface area contributed by atoms with Crippen molar-refractivity contribution in [1.82, 2.24) is 24.7 Å². The van der Waals surface area contributed by atoms with Crippen molar-refractivity contribution in [3.05, 3.63) is 28.7 Å². The SMILES string of the molecule is Cc1nc(C)c(C)c(NCc2nnc3n2CCC3)n1. The van der Waals surface area contributed by atoms with E-state index in [-0.39, 0.29) is 0 Å². The molecule has 0 amide bonds. The molecule has 2 aromatic heterocycles. The van der Waals surface area contributed by atoms with E-state index >= 15 is 0 Å². The molecular formula is C13H18N6. The topological polar surface area (TPSA) is 68.5 Å². The van der Waals surface area contributed by atoms with Gasteiger partial charge in [0.25, 0.3) is 0 Å². The highest BCUT2D eigenvalue weighted by Gasteiger charge is 2.17. The normalized spacial score (nSPS) is 13.6. The smallest absolute Gasteiger partial charge is 0.152 e. The molecule has 0 atom stereocenters. The largest absolute Gasteiger partial charge is 0.362 e. The number of hydrogen-bond acceptors (Lipinski definition) is 5. The third-order valence-corrected chi connectivity index (χ3v) is 3.60. The predicted molar refractivity (Wildman–Crippen MR) is 71.9 cm³/mol. The standard InChI is InChI=1S/C13H18N6/c1-8-9(2)15-10(3)16-13(8)14-7-12-18-17-11-5-4-6-19(11)12/h4-7H2,1-3H3,(H,14,15,16). The number of nitrogens with zero attached hydrogens (tertiary/aromatic N) is 5. The van der Waals surface area contributed by atoms with E-state index in [4.69, 9.17) is 0 Å². The molecule has 19 heavy (non-hydrogen) atoms. The second kappa shape index (κ2) is 4.60. The number of fused-ring (bicyclic) bond motifs is 1. The van der Waals surface area contributed by atoms with Crippen molar-refractivity contribution in [1.29, 1.82) is 0 Å². The van der Waals surface area contributed by atoms with E-state index in [2.05, 4.69) is 30.0 Å². The number of anilines is 1. The van der Waals surface area contributed by atoms with Crippen molar-refractivity contribution in [3.63, 3.8) is 0 Å². The summed E-state index contributed by atoms with van der Waals surface area (Å²) < 4.78 is 2.20. The Morgan fingerprint density at radius 3 is 2.84 bits per heavy atom. The molecule has 6 nitrogen and oxygen atoms in total. The molecule has 0 spiro atoms. The van der Waals surface area contributed by atoms with Crippen LogP contribution in [0.3, 0.4) is 0 Å². The van der Waals surface area contributed by atoms with Gasteiger partial charge < -0.3 is 9.88 Å². The summed E-state index contributed by atoms with van der Waals surface area (Å²) in [5.74, 6) is 3.77. The molecule has 6 heteroatoms. The predicted octanol–water partition coefficient (Wildman–Crippen LogP) is 1.55.